The quantitative estimate of drug-likeness (QED) is 0.344. The van der Waals surface area contributed by atoms with Crippen LogP contribution in [0.4, 0.5) is 0 Å². The number of hydrogen-bond donors (Lipinski definition) is 0. The average Bonchev–Trinajstić information content (AvgIpc) is 3.15. The number of carbonyl (C=O) groups excluding carboxylic acids is 1. The third kappa shape index (κ3) is 4.39. The summed E-state index contributed by atoms with van der Waals surface area (Å²) in [6, 6.07) is 12.1. The molecular weight excluding hydrogens is 479 g/mol. The summed E-state index contributed by atoms with van der Waals surface area (Å²) in [5.74, 6) is 2.45. The highest BCUT2D eigenvalue weighted by Gasteiger charge is 2.30. The molecule has 0 saturated carbocycles. The lowest BCUT2D eigenvalue weighted by atomic mass is 10.1. The van der Waals surface area contributed by atoms with Crippen LogP contribution in [-0.2, 0) is 6.61 Å². The molecule has 1 heterocycles. The number of methoxy groups -OCH3 is 3. The molecule has 0 amide bonds. The maximum Gasteiger partial charge on any atom is 0.231 e. The van der Waals surface area contributed by atoms with E-state index in [1.807, 2.05) is 6.92 Å². The zero-order chi connectivity index (χ0) is 24.4. The molecule has 0 N–H and O–H groups in total. The van der Waals surface area contributed by atoms with Gasteiger partial charge in [0.05, 0.1) is 26.9 Å². The number of ether oxygens (including phenoxy) is 5. The van der Waals surface area contributed by atoms with E-state index in [0.29, 0.717) is 61.0 Å². The number of halogens is 2. The Labute approximate surface area is 207 Å². The molecule has 3 aromatic rings. The molecule has 0 fully saturated rings. The standard InChI is InChI=1S/C26H22Cl2O6/c1-14-20(33-13-17-18(27)6-5-7-19(17)28)9-8-16-25(29)24(34-26(14)16)11-15-10-22(31-3)23(32-4)12-21(15)30-2/h5-12H,13H2,1-4H3/b24-11-. The largest absolute Gasteiger partial charge is 0.496 e. The summed E-state index contributed by atoms with van der Waals surface area (Å²) >= 11 is 12.5. The van der Waals surface area contributed by atoms with E-state index >= 15 is 0 Å². The van der Waals surface area contributed by atoms with E-state index in [0.717, 1.165) is 0 Å². The third-order valence-electron chi connectivity index (χ3n) is 5.49. The van der Waals surface area contributed by atoms with Gasteiger partial charge < -0.3 is 23.7 Å². The highest BCUT2D eigenvalue weighted by atomic mass is 35.5. The summed E-state index contributed by atoms with van der Waals surface area (Å²) in [5.41, 5.74) is 2.44. The minimum absolute atomic E-state index is 0.162. The zero-order valence-corrected chi connectivity index (χ0v) is 20.5. The fourth-order valence-electron chi connectivity index (χ4n) is 3.65. The summed E-state index contributed by atoms with van der Waals surface area (Å²) in [6.07, 6.45) is 1.62. The van der Waals surface area contributed by atoms with Gasteiger partial charge in [-0.2, -0.15) is 0 Å². The highest BCUT2D eigenvalue weighted by Crippen LogP contribution is 2.41. The van der Waals surface area contributed by atoms with Crippen LogP contribution in [0.5, 0.6) is 28.7 Å². The van der Waals surface area contributed by atoms with E-state index in [1.54, 1.807) is 48.5 Å². The molecule has 6 nitrogen and oxygen atoms in total. The van der Waals surface area contributed by atoms with Gasteiger partial charge in [-0.15, -0.1) is 0 Å². The smallest absolute Gasteiger partial charge is 0.231 e. The van der Waals surface area contributed by atoms with Gasteiger partial charge in [0.25, 0.3) is 0 Å². The number of rotatable bonds is 7. The minimum atomic E-state index is -0.240. The SMILES string of the molecule is COc1cc(OC)c(OC)cc1/C=C1\Oc2c(ccc(OCc3c(Cl)cccc3Cl)c2C)C1=O. The topological polar surface area (TPSA) is 63.2 Å². The Bertz CT molecular complexity index is 1280. The lowest BCUT2D eigenvalue weighted by Gasteiger charge is -2.13. The van der Waals surface area contributed by atoms with Crippen molar-refractivity contribution in [1.29, 1.82) is 0 Å². The van der Waals surface area contributed by atoms with E-state index in [-0.39, 0.29) is 18.1 Å². The van der Waals surface area contributed by atoms with E-state index < -0.39 is 0 Å². The third-order valence-corrected chi connectivity index (χ3v) is 6.20. The molecule has 8 heteroatoms. The second kappa shape index (κ2) is 9.87. The molecule has 0 unspecified atom stereocenters. The Hall–Kier alpha value is -3.35. The van der Waals surface area contributed by atoms with Crippen LogP contribution in [0.1, 0.15) is 27.0 Å². The van der Waals surface area contributed by atoms with Crippen LogP contribution in [0.25, 0.3) is 6.08 Å². The summed E-state index contributed by atoms with van der Waals surface area (Å²) < 4.78 is 28.1. The number of allylic oxidation sites excluding steroid dienone is 1. The molecule has 34 heavy (non-hydrogen) atoms. The maximum atomic E-state index is 13.0. The van der Waals surface area contributed by atoms with Crippen molar-refractivity contribution < 1.29 is 28.5 Å². The molecule has 0 saturated heterocycles. The second-order valence-corrected chi connectivity index (χ2v) is 8.26. The molecular formula is C26H22Cl2O6. The Morgan fingerprint density at radius 1 is 0.882 bits per heavy atom. The number of carbonyl (C=O) groups is 1. The first-order chi connectivity index (χ1) is 16.4. The highest BCUT2D eigenvalue weighted by molar-refractivity contribution is 6.35. The van der Waals surface area contributed by atoms with Gasteiger partial charge in [-0.05, 0) is 43.3 Å². The van der Waals surface area contributed by atoms with Crippen LogP contribution < -0.4 is 23.7 Å². The second-order valence-electron chi connectivity index (χ2n) is 7.44. The fourth-order valence-corrected chi connectivity index (χ4v) is 4.16. The lowest BCUT2D eigenvalue weighted by Crippen LogP contribution is -2.00. The lowest BCUT2D eigenvalue weighted by molar-refractivity contribution is 0.101. The molecule has 1 aliphatic rings. The van der Waals surface area contributed by atoms with Gasteiger partial charge in [0.2, 0.25) is 5.78 Å². The average molecular weight is 501 g/mol. The number of ketones is 1. The van der Waals surface area contributed by atoms with Crippen molar-refractivity contribution in [2.24, 2.45) is 0 Å². The first-order valence-corrected chi connectivity index (χ1v) is 11.1. The van der Waals surface area contributed by atoms with E-state index in [9.17, 15) is 4.79 Å². The van der Waals surface area contributed by atoms with Gasteiger partial charge in [-0.3, -0.25) is 4.79 Å². The number of benzene rings is 3. The molecule has 0 aromatic heterocycles. The molecule has 0 spiro atoms. The first-order valence-electron chi connectivity index (χ1n) is 10.3. The van der Waals surface area contributed by atoms with Crippen molar-refractivity contribution in [3.8, 4) is 28.7 Å². The van der Waals surface area contributed by atoms with Gasteiger partial charge in [0.15, 0.2) is 17.3 Å². The van der Waals surface area contributed by atoms with Crippen molar-refractivity contribution in [1.82, 2.24) is 0 Å². The summed E-state index contributed by atoms with van der Waals surface area (Å²) in [7, 11) is 4.61. The van der Waals surface area contributed by atoms with Crippen LogP contribution in [0, 0.1) is 6.92 Å². The van der Waals surface area contributed by atoms with Crippen molar-refractivity contribution in [3.63, 3.8) is 0 Å². The van der Waals surface area contributed by atoms with Crippen molar-refractivity contribution in [2.45, 2.75) is 13.5 Å². The summed E-state index contributed by atoms with van der Waals surface area (Å²) in [4.78, 5) is 13.0. The molecule has 0 radical (unpaired) electrons. The zero-order valence-electron chi connectivity index (χ0n) is 19.0. The predicted molar refractivity (Wildman–Crippen MR) is 131 cm³/mol. The fraction of sp³-hybridized carbons (Fsp3) is 0.192. The Kier molecular flexibility index (Phi) is 6.91. The van der Waals surface area contributed by atoms with Gasteiger partial charge >= 0.3 is 0 Å². The number of hydrogen-bond acceptors (Lipinski definition) is 6. The van der Waals surface area contributed by atoms with Crippen LogP contribution in [0.2, 0.25) is 10.0 Å². The van der Waals surface area contributed by atoms with Gasteiger partial charge in [-0.25, -0.2) is 0 Å². The monoisotopic (exact) mass is 500 g/mol. The van der Waals surface area contributed by atoms with Gasteiger partial charge in [-0.1, -0.05) is 29.3 Å². The molecule has 176 valence electrons. The van der Waals surface area contributed by atoms with Crippen LogP contribution in [0.3, 0.4) is 0 Å². The molecule has 0 aliphatic carbocycles. The normalized spacial score (nSPS) is 13.5. The van der Waals surface area contributed by atoms with Crippen LogP contribution in [0.15, 0.2) is 48.2 Å². The maximum absolute atomic E-state index is 13.0. The van der Waals surface area contributed by atoms with E-state index in [4.69, 9.17) is 46.9 Å². The molecule has 0 atom stereocenters. The Balaban J connectivity index is 1.64. The van der Waals surface area contributed by atoms with Crippen molar-refractivity contribution >= 4 is 35.1 Å². The van der Waals surface area contributed by atoms with Crippen LogP contribution in [-0.4, -0.2) is 27.1 Å². The molecule has 4 rings (SSSR count). The van der Waals surface area contributed by atoms with E-state index in [2.05, 4.69) is 0 Å². The minimum Gasteiger partial charge on any atom is -0.496 e. The van der Waals surface area contributed by atoms with Gasteiger partial charge in [0, 0.05) is 32.8 Å². The van der Waals surface area contributed by atoms with Gasteiger partial charge in [0.1, 0.15) is 23.9 Å². The van der Waals surface area contributed by atoms with Crippen molar-refractivity contribution in [3.05, 3.63) is 80.5 Å². The van der Waals surface area contributed by atoms with E-state index in [1.165, 1.54) is 21.3 Å². The molecule has 3 aromatic carbocycles. The molecule has 1 aliphatic heterocycles. The predicted octanol–water partition coefficient (Wildman–Crippen LogP) is 6.52. The summed E-state index contributed by atoms with van der Waals surface area (Å²) in [5, 5.41) is 1.04. The van der Waals surface area contributed by atoms with Crippen LogP contribution >= 0.6 is 23.2 Å². The summed E-state index contributed by atoms with van der Waals surface area (Å²) in [6.45, 7) is 2.01. The Morgan fingerprint density at radius 2 is 1.53 bits per heavy atom. The number of fused-ring (bicyclic) bond motifs is 1. The number of Topliss-reactive ketones (excluding diaryl/α,β-unsaturated/α-hetero) is 1. The molecule has 0 bridgehead atoms. The first kappa shape index (κ1) is 23.8. The van der Waals surface area contributed by atoms with Crippen molar-refractivity contribution in [2.75, 3.05) is 21.3 Å². The Morgan fingerprint density at radius 3 is 2.18 bits per heavy atom.